The maximum Gasteiger partial charge on any atom is 0.420 e. The second-order valence-corrected chi connectivity index (χ2v) is 8.60. The van der Waals surface area contributed by atoms with E-state index < -0.39 is 49.9 Å². The number of halogens is 6. The van der Waals surface area contributed by atoms with Crippen molar-refractivity contribution in [3.8, 4) is 11.5 Å². The summed E-state index contributed by atoms with van der Waals surface area (Å²) >= 11 is 0. The average molecular weight is 497 g/mol. The van der Waals surface area contributed by atoms with Gasteiger partial charge >= 0.3 is 12.4 Å². The number of alkyl halides is 6. The van der Waals surface area contributed by atoms with Gasteiger partial charge in [-0.2, -0.15) is 34.8 Å². The van der Waals surface area contributed by atoms with Crippen molar-refractivity contribution in [1.82, 2.24) is 19.5 Å². The van der Waals surface area contributed by atoms with E-state index in [-0.39, 0.29) is 35.3 Å². The first-order valence-corrected chi connectivity index (χ1v) is 10.6. The van der Waals surface area contributed by atoms with Gasteiger partial charge in [0.2, 0.25) is 0 Å². The van der Waals surface area contributed by atoms with Crippen molar-refractivity contribution in [2.75, 3.05) is 19.0 Å². The summed E-state index contributed by atoms with van der Waals surface area (Å²) in [6.45, 7) is 1.34. The highest BCUT2D eigenvalue weighted by molar-refractivity contribution is 7.86. The number of rotatable bonds is 4. The van der Waals surface area contributed by atoms with Crippen molar-refractivity contribution in [1.29, 1.82) is 0 Å². The zero-order valence-corrected chi connectivity index (χ0v) is 18.4. The Morgan fingerprint density at radius 3 is 2.09 bits per heavy atom. The molecule has 1 N–H and O–H groups in total. The van der Waals surface area contributed by atoms with E-state index in [4.69, 9.17) is 0 Å². The molecular formula is C18H17F6N5O3S. The number of fused-ring (bicyclic) bond motifs is 1. The van der Waals surface area contributed by atoms with Crippen molar-refractivity contribution < 1.29 is 39.3 Å². The first kappa shape index (κ1) is 24.7. The summed E-state index contributed by atoms with van der Waals surface area (Å²) in [5, 5.41) is 0. The van der Waals surface area contributed by atoms with E-state index in [0.29, 0.717) is 0 Å². The molecule has 0 aliphatic rings. The molecule has 0 spiro atoms. The number of pyridine rings is 2. The van der Waals surface area contributed by atoms with Crippen LogP contribution in [-0.4, -0.2) is 46.6 Å². The highest BCUT2D eigenvalue weighted by atomic mass is 32.2. The van der Waals surface area contributed by atoms with Crippen LogP contribution in [0.2, 0.25) is 0 Å². The molecule has 0 fully saturated rings. The van der Waals surface area contributed by atoms with Gasteiger partial charge < -0.3 is 9.47 Å². The van der Waals surface area contributed by atoms with Gasteiger partial charge in [-0.15, -0.1) is 0 Å². The summed E-state index contributed by atoms with van der Waals surface area (Å²) in [4.78, 5) is 11.5. The van der Waals surface area contributed by atoms with E-state index in [1.165, 1.54) is 32.6 Å². The quantitative estimate of drug-likeness (QED) is 0.430. The topological polar surface area (TPSA) is 101 Å². The van der Waals surface area contributed by atoms with Gasteiger partial charge in [-0.05, 0) is 12.5 Å². The van der Waals surface area contributed by atoms with E-state index in [2.05, 4.69) is 15.0 Å². The zero-order chi connectivity index (χ0) is 25.1. The molecule has 0 aliphatic heterocycles. The maximum absolute atomic E-state index is 13.5. The van der Waals surface area contributed by atoms with Gasteiger partial charge in [0.1, 0.15) is 27.5 Å². The third-order valence-corrected chi connectivity index (χ3v) is 5.79. The number of aryl methyl sites for hydroxylation is 1. The van der Waals surface area contributed by atoms with Crippen LogP contribution in [0.1, 0.15) is 23.6 Å². The van der Waals surface area contributed by atoms with E-state index in [0.717, 1.165) is 11.0 Å². The third-order valence-electron chi connectivity index (χ3n) is 4.81. The molecule has 0 amide bonds. The van der Waals surface area contributed by atoms with Crippen molar-refractivity contribution in [3.63, 3.8) is 0 Å². The Hall–Kier alpha value is -2.94. The monoisotopic (exact) mass is 497 g/mol. The Morgan fingerprint density at radius 2 is 1.64 bits per heavy atom. The Bertz CT molecular complexity index is 1350. The van der Waals surface area contributed by atoms with Crippen molar-refractivity contribution in [3.05, 3.63) is 29.0 Å². The molecule has 0 bridgehead atoms. The zero-order valence-electron chi connectivity index (χ0n) is 17.5. The normalized spacial score (nSPS) is 13.1. The minimum atomic E-state index is -5.34. The van der Waals surface area contributed by atoms with Crippen LogP contribution in [0.4, 0.5) is 32.2 Å². The predicted molar refractivity (Wildman–Crippen MR) is 105 cm³/mol. The molecule has 180 valence electrons. The van der Waals surface area contributed by atoms with Crippen LogP contribution in [0.25, 0.3) is 22.7 Å². The second kappa shape index (κ2) is 7.83. The summed E-state index contributed by atoms with van der Waals surface area (Å²) in [5.74, 6) is -0.642. The van der Waals surface area contributed by atoms with Gasteiger partial charge in [-0.3, -0.25) is 9.54 Å². The van der Waals surface area contributed by atoms with Gasteiger partial charge in [0.15, 0.2) is 11.5 Å². The van der Waals surface area contributed by atoms with E-state index in [9.17, 15) is 39.3 Å². The summed E-state index contributed by atoms with van der Waals surface area (Å²) in [5.41, 5.74) is -3.87. The van der Waals surface area contributed by atoms with Crippen LogP contribution in [-0.2, 0) is 35.9 Å². The molecule has 0 saturated heterocycles. The highest BCUT2D eigenvalue weighted by Gasteiger charge is 2.40. The lowest BCUT2D eigenvalue weighted by Crippen LogP contribution is -2.18. The van der Waals surface area contributed by atoms with Crippen LogP contribution in [0.5, 0.6) is 0 Å². The summed E-state index contributed by atoms with van der Waals surface area (Å²) in [7, 11) is -1.30. The standard InChI is InChI=1S/C18H17F6N5O3S/c1-5-8-12(25-7-10(18(22,23)24)13(8)33(30,31)32)16-26-11-6-9(17(19,20)21)14(28(2)3)27-15(11)29(16)4/h6-7H,5H2,1-4H3,(H,30,31,32). The minimum absolute atomic E-state index is 0.0427. The summed E-state index contributed by atoms with van der Waals surface area (Å²) < 4.78 is 115. The molecular weight excluding hydrogens is 480 g/mol. The fourth-order valence-corrected chi connectivity index (χ4v) is 4.42. The highest BCUT2D eigenvalue weighted by Crippen LogP contribution is 2.40. The fourth-order valence-electron chi connectivity index (χ4n) is 3.42. The molecule has 0 atom stereocenters. The molecule has 0 aliphatic carbocycles. The third kappa shape index (κ3) is 4.34. The molecule has 0 saturated carbocycles. The van der Waals surface area contributed by atoms with E-state index >= 15 is 0 Å². The van der Waals surface area contributed by atoms with E-state index in [1.807, 2.05) is 0 Å². The number of anilines is 1. The lowest BCUT2D eigenvalue weighted by Gasteiger charge is -2.18. The van der Waals surface area contributed by atoms with Crippen LogP contribution >= 0.6 is 0 Å². The van der Waals surface area contributed by atoms with Crippen LogP contribution < -0.4 is 4.90 Å². The molecule has 33 heavy (non-hydrogen) atoms. The number of aromatic nitrogens is 4. The van der Waals surface area contributed by atoms with Crippen LogP contribution in [0.15, 0.2) is 17.2 Å². The molecule has 0 unspecified atom stereocenters. The lowest BCUT2D eigenvalue weighted by atomic mass is 10.1. The van der Waals surface area contributed by atoms with Gasteiger partial charge in [-0.1, -0.05) is 6.92 Å². The number of nitrogens with zero attached hydrogens (tertiary/aromatic N) is 5. The maximum atomic E-state index is 13.5. The Balaban J connectivity index is 2.41. The van der Waals surface area contributed by atoms with Gasteiger partial charge in [-0.25, -0.2) is 9.97 Å². The summed E-state index contributed by atoms with van der Waals surface area (Å²) in [6, 6.07) is 0.737. The Labute approximate surface area is 183 Å². The van der Waals surface area contributed by atoms with Gasteiger partial charge in [0.05, 0.1) is 5.56 Å². The molecule has 3 aromatic heterocycles. The number of hydrogen-bond acceptors (Lipinski definition) is 6. The number of hydrogen-bond donors (Lipinski definition) is 1. The fraction of sp³-hybridized carbons (Fsp3) is 0.389. The molecule has 0 radical (unpaired) electrons. The SMILES string of the molecule is CCc1c(-c2nc3cc(C(F)(F)F)c(N(C)C)nc3n2C)ncc(C(F)(F)F)c1S(=O)(=O)O. The Morgan fingerprint density at radius 1 is 1.06 bits per heavy atom. The lowest BCUT2D eigenvalue weighted by molar-refractivity contribution is -0.140. The van der Waals surface area contributed by atoms with Crippen molar-refractivity contribution >= 4 is 27.1 Å². The first-order chi connectivity index (χ1) is 15.0. The number of imidazole rings is 1. The van der Waals surface area contributed by atoms with Gasteiger partial charge in [0, 0.05) is 32.9 Å². The van der Waals surface area contributed by atoms with Crippen molar-refractivity contribution in [2.45, 2.75) is 30.6 Å². The van der Waals surface area contributed by atoms with Gasteiger partial charge in [0.25, 0.3) is 10.1 Å². The van der Waals surface area contributed by atoms with E-state index in [1.54, 1.807) is 0 Å². The average Bonchev–Trinajstić information content (AvgIpc) is 2.99. The first-order valence-electron chi connectivity index (χ1n) is 9.17. The van der Waals surface area contributed by atoms with Crippen molar-refractivity contribution in [2.24, 2.45) is 7.05 Å². The second-order valence-electron chi connectivity index (χ2n) is 7.24. The molecule has 3 rings (SSSR count). The Kier molecular flexibility index (Phi) is 5.86. The molecule has 3 aromatic rings. The largest absolute Gasteiger partial charge is 0.420 e. The van der Waals surface area contributed by atoms with Crippen LogP contribution in [0.3, 0.4) is 0 Å². The smallest absolute Gasteiger partial charge is 0.362 e. The molecule has 0 aromatic carbocycles. The summed E-state index contributed by atoms with van der Waals surface area (Å²) in [6.07, 6.45) is -9.99. The molecule has 15 heteroatoms. The minimum Gasteiger partial charge on any atom is -0.362 e. The molecule has 8 nitrogen and oxygen atoms in total. The van der Waals surface area contributed by atoms with Crippen LogP contribution in [0, 0.1) is 0 Å². The predicted octanol–water partition coefficient (Wildman–Crippen LogP) is 3.94. The molecule has 3 heterocycles.